The van der Waals surface area contributed by atoms with Crippen LogP contribution < -0.4 is 10.1 Å². The van der Waals surface area contributed by atoms with Gasteiger partial charge in [-0.3, -0.25) is 0 Å². The van der Waals surface area contributed by atoms with Crippen LogP contribution in [0.15, 0.2) is 12.1 Å². The van der Waals surface area contributed by atoms with Crippen molar-refractivity contribution in [3.63, 3.8) is 0 Å². The molecule has 7 heteroatoms. The molecule has 146 valence electrons. The first-order valence-electron chi connectivity index (χ1n) is 9.04. The van der Waals surface area contributed by atoms with Crippen LogP contribution in [-0.2, 0) is 17.3 Å². The molecule has 1 aliphatic carbocycles. The summed E-state index contributed by atoms with van der Waals surface area (Å²) in [5, 5.41) is 10.9. The number of rotatable bonds is 7. The second-order valence-corrected chi connectivity index (χ2v) is 13.3. The monoisotopic (exact) mass is 383 g/mol. The van der Waals surface area contributed by atoms with Gasteiger partial charge < -0.3 is 19.6 Å². The summed E-state index contributed by atoms with van der Waals surface area (Å²) in [7, 11) is -1.80. The van der Waals surface area contributed by atoms with Gasteiger partial charge in [0.2, 0.25) is 0 Å². The van der Waals surface area contributed by atoms with E-state index in [1.807, 2.05) is 6.07 Å². The number of fused-ring (bicyclic) bond motifs is 1. The van der Waals surface area contributed by atoms with E-state index in [2.05, 4.69) is 39.2 Å². The first-order valence-corrected chi connectivity index (χ1v) is 12.0. The molecule has 1 aromatic rings. The third-order valence-corrected chi connectivity index (χ3v) is 9.90. The van der Waals surface area contributed by atoms with Crippen LogP contribution in [0.5, 0.6) is 5.75 Å². The third kappa shape index (κ3) is 5.20. The van der Waals surface area contributed by atoms with Crippen molar-refractivity contribution in [3.05, 3.63) is 29.1 Å². The van der Waals surface area contributed by atoms with Crippen LogP contribution in [0.2, 0.25) is 18.1 Å². The fraction of sp³-hybridized carbons (Fsp3) is 0.632. The summed E-state index contributed by atoms with van der Waals surface area (Å²) < 4.78 is 26.2. The number of nitrogens with one attached hydrogen (secondary N) is 1. The lowest BCUT2D eigenvalue weighted by Crippen LogP contribution is -2.42. The summed E-state index contributed by atoms with van der Waals surface area (Å²) in [5.41, 5.74) is 1.72. The summed E-state index contributed by atoms with van der Waals surface area (Å²) in [4.78, 5) is 10.4. The van der Waals surface area contributed by atoms with Gasteiger partial charge in [0.25, 0.3) is 0 Å². The van der Waals surface area contributed by atoms with Crippen LogP contribution in [-0.4, -0.2) is 39.3 Å². The molecule has 0 bridgehead atoms. The van der Waals surface area contributed by atoms with E-state index in [1.54, 1.807) is 0 Å². The summed E-state index contributed by atoms with van der Waals surface area (Å²) in [6, 6.07) is 3.25. The highest BCUT2D eigenvalue weighted by atomic mass is 28.4. The summed E-state index contributed by atoms with van der Waals surface area (Å²) in [5.74, 6) is 0.482. The molecule has 0 aliphatic heterocycles. The average molecular weight is 384 g/mol. The molecular weight excluding hydrogens is 353 g/mol. The van der Waals surface area contributed by atoms with Gasteiger partial charge in [0, 0.05) is 12.7 Å². The summed E-state index contributed by atoms with van der Waals surface area (Å²) >= 11 is 0. The predicted molar refractivity (Wildman–Crippen MR) is 102 cm³/mol. The molecule has 1 unspecified atom stereocenters. The maximum atomic E-state index is 14.4. The Bertz CT molecular complexity index is 658. The van der Waals surface area contributed by atoms with E-state index in [9.17, 15) is 9.18 Å². The van der Waals surface area contributed by atoms with Crippen molar-refractivity contribution in [1.29, 1.82) is 0 Å². The minimum absolute atomic E-state index is 0.161. The number of carboxylic acid groups (broad SMARTS) is 1. The Hall–Kier alpha value is -1.60. The molecule has 26 heavy (non-hydrogen) atoms. The zero-order valence-electron chi connectivity index (χ0n) is 16.3. The highest BCUT2D eigenvalue weighted by molar-refractivity contribution is 6.74. The van der Waals surface area contributed by atoms with Crippen LogP contribution in [0.25, 0.3) is 0 Å². The first kappa shape index (κ1) is 20.7. The Balaban J connectivity index is 1.93. The van der Waals surface area contributed by atoms with Crippen molar-refractivity contribution >= 4 is 14.4 Å². The van der Waals surface area contributed by atoms with Crippen molar-refractivity contribution in [2.24, 2.45) is 5.92 Å². The maximum Gasteiger partial charge on any atom is 0.404 e. The van der Waals surface area contributed by atoms with Gasteiger partial charge in [-0.25, -0.2) is 9.18 Å². The number of ether oxygens (including phenoxy) is 1. The molecule has 0 fully saturated rings. The molecule has 2 N–H and O–H groups in total. The lowest BCUT2D eigenvalue weighted by Gasteiger charge is -2.37. The molecule has 0 saturated carbocycles. The zero-order valence-corrected chi connectivity index (χ0v) is 17.3. The number of amides is 1. The smallest absolute Gasteiger partial charge is 0.404 e. The third-order valence-electron chi connectivity index (χ3n) is 5.40. The molecule has 0 radical (unpaired) electrons. The van der Waals surface area contributed by atoms with Crippen molar-refractivity contribution in [3.8, 4) is 5.75 Å². The Labute approximate surface area is 156 Å². The minimum atomic E-state index is -1.80. The van der Waals surface area contributed by atoms with Crippen LogP contribution in [0.3, 0.4) is 0 Å². The standard InChI is InChI=1S/C19H30FNO4Si/c1-19(2,3)26(4,5)25-12-13-8-14-10-15(11-17(20)16(14)9-13)24-7-6-21-18(22)23/h10-11,13,21H,6-9,12H2,1-5H3,(H,22,23). The Kier molecular flexibility index (Phi) is 6.34. The number of hydrogen-bond acceptors (Lipinski definition) is 3. The van der Waals surface area contributed by atoms with E-state index in [0.717, 1.165) is 17.5 Å². The predicted octanol–water partition coefficient (Wildman–Crippen LogP) is 4.21. The van der Waals surface area contributed by atoms with Gasteiger partial charge >= 0.3 is 6.09 Å². The molecule has 1 aliphatic rings. The van der Waals surface area contributed by atoms with Gasteiger partial charge in [-0.1, -0.05) is 20.8 Å². The maximum absolute atomic E-state index is 14.4. The number of halogens is 1. The van der Waals surface area contributed by atoms with Crippen LogP contribution in [0, 0.1) is 11.7 Å². The van der Waals surface area contributed by atoms with Gasteiger partial charge in [-0.2, -0.15) is 0 Å². The summed E-state index contributed by atoms with van der Waals surface area (Å²) in [6.07, 6.45) is 0.376. The van der Waals surface area contributed by atoms with E-state index >= 15 is 0 Å². The molecular formula is C19H30FNO4Si. The number of benzene rings is 1. The van der Waals surface area contributed by atoms with Crippen molar-refractivity contribution in [2.75, 3.05) is 19.8 Å². The largest absolute Gasteiger partial charge is 0.492 e. The first-order chi connectivity index (χ1) is 12.0. The summed E-state index contributed by atoms with van der Waals surface area (Å²) in [6.45, 7) is 12.1. The highest BCUT2D eigenvalue weighted by Crippen LogP contribution is 2.38. The van der Waals surface area contributed by atoms with Crippen molar-refractivity contribution in [1.82, 2.24) is 5.32 Å². The van der Waals surface area contributed by atoms with E-state index in [1.165, 1.54) is 6.07 Å². The molecule has 1 aromatic carbocycles. The molecule has 0 heterocycles. The molecule has 0 spiro atoms. The van der Waals surface area contributed by atoms with Crippen molar-refractivity contribution < 1.29 is 23.5 Å². The minimum Gasteiger partial charge on any atom is -0.492 e. The number of carbonyl (C=O) groups is 1. The Morgan fingerprint density at radius 2 is 2.04 bits per heavy atom. The van der Waals surface area contributed by atoms with E-state index < -0.39 is 14.4 Å². The SMILES string of the molecule is CC(C)(C)[Si](C)(C)OCC1Cc2cc(OCCNC(=O)O)cc(F)c2C1. The lowest BCUT2D eigenvalue weighted by atomic mass is 10.1. The molecule has 1 amide bonds. The Morgan fingerprint density at radius 1 is 1.35 bits per heavy atom. The average Bonchev–Trinajstić information content (AvgIpc) is 2.92. The highest BCUT2D eigenvalue weighted by Gasteiger charge is 2.38. The van der Waals surface area contributed by atoms with E-state index in [-0.39, 0.29) is 29.9 Å². The van der Waals surface area contributed by atoms with Crippen LogP contribution >= 0.6 is 0 Å². The van der Waals surface area contributed by atoms with Gasteiger partial charge in [0.05, 0.1) is 6.54 Å². The second-order valence-electron chi connectivity index (χ2n) is 8.47. The fourth-order valence-electron chi connectivity index (χ4n) is 2.82. The lowest BCUT2D eigenvalue weighted by molar-refractivity contribution is 0.191. The molecule has 0 saturated heterocycles. The quantitative estimate of drug-likeness (QED) is 0.547. The van der Waals surface area contributed by atoms with E-state index in [4.69, 9.17) is 14.3 Å². The molecule has 2 rings (SSSR count). The normalized spacial score (nSPS) is 17.1. The zero-order chi connectivity index (χ0) is 19.5. The van der Waals surface area contributed by atoms with Crippen LogP contribution in [0.4, 0.5) is 9.18 Å². The van der Waals surface area contributed by atoms with E-state index in [0.29, 0.717) is 18.8 Å². The number of hydrogen-bond donors (Lipinski definition) is 2. The molecule has 5 nitrogen and oxygen atoms in total. The topological polar surface area (TPSA) is 67.8 Å². The Morgan fingerprint density at radius 3 is 2.65 bits per heavy atom. The van der Waals surface area contributed by atoms with Crippen molar-refractivity contribution in [2.45, 2.75) is 51.7 Å². The fourth-order valence-corrected chi connectivity index (χ4v) is 3.90. The molecule has 1 atom stereocenters. The van der Waals surface area contributed by atoms with Gasteiger partial charge in [-0.15, -0.1) is 0 Å². The van der Waals surface area contributed by atoms with Crippen LogP contribution in [0.1, 0.15) is 31.9 Å². The van der Waals surface area contributed by atoms with Gasteiger partial charge in [0.15, 0.2) is 8.32 Å². The van der Waals surface area contributed by atoms with Gasteiger partial charge in [0.1, 0.15) is 18.2 Å². The molecule has 0 aromatic heterocycles. The second kappa shape index (κ2) is 7.96. The van der Waals surface area contributed by atoms with Gasteiger partial charge in [-0.05, 0) is 54.1 Å².